The molecule has 3 fully saturated rings. The molecule has 1 saturated carbocycles. The van der Waals surface area contributed by atoms with Gasteiger partial charge in [0.05, 0.1) is 10.9 Å². The first-order chi connectivity index (χ1) is 12.8. The molecule has 1 N–H and O–H groups in total. The Kier molecular flexibility index (Phi) is 4.68. The zero-order valence-corrected chi connectivity index (χ0v) is 16.4. The van der Waals surface area contributed by atoms with E-state index in [1.54, 1.807) is 4.90 Å². The number of benzene rings is 1. The molecule has 3 aliphatic rings. The monoisotopic (exact) mass is 411 g/mol. The van der Waals surface area contributed by atoms with Gasteiger partial charge in [0.1, 0.15) is 0 Å². The van der Waals surface area contributed by atoms with Crippen LogP contribution in [0.2, 0.25) is 5.02 Å². The second-order valence-electron chi connectivity index (χ2n) is 7.38. The van der Waals surface area contributed by atoms with E-state index < -0.39 is 14.6 Å². The fraction of sp³-hybridized carbons (Fsp3) is 0.556. The van der Waals surface area contributed by atoms with Crippen LogP contribution >= 0.6 is 11.6 Å². The molecule has 1 aromatic carbocycles. The highest BCUT2D eigenvalue weighted by Gasteiger charge is 2.62. The summed E-state index contributed by atoms with van der Waals surface area (Å²) in [7, 11) is -3.78. The number of halogens is 1. The Labute approximate surface area is 163 Å². The number of amides is 2. The normalized spacial score (nSPS) is 25.3. The number of hydrogen-bond acceptors (Lipinski definition) is 5. The minimum Gasteiger partial charge on any atom is -0.353 e. The lowest BCUT2D eigenvalue weighted by atomic mass is 10.1. The summed E-state index contributed by atoms with van der Waals surface area (Å²) in [5.41, 5.74) is 0. The van der Waals surface area contributed by atoms with Gasteiger partial charge in [-0.3, -0.25) is 14.5 Å². The molecule has 1 unspecified atom stereocenters. The van der Waals surface area contributed by atoms with Crippen LogP contribution in [0.5, 0.6) is 0 Å². The summed E-state index contributed by atoms with van der Waals surface area (Å²) >= 11 is 5.86. The van der Waals surface area contributed by atoms with Crippen LogP contribution in [0.1, 0.15) is 19.3 Å². The maximum absolute atomic E-state index is 13.2. The fourth-order valence-electron chi connectivity index (χ4n) is 4.02. The topological polar surface area (TPSA) is 86.8 Å². The lowest BCUT2D eigenvalue weighted by Crippen LogP contribution is -2.55. The van der Waals surface area contributed by atoms with Gasteiger partial charge in [-0.05, 0) is 43.5 Å². The molecule has 0 radical (unpaired) electrons. The van der Waals surface area contributed by atoms with E-state index in [9.17, 15) is 18.0 Å². The average molecular weight is 412 g/mol. The first-order valence-corrected chi connectivity index (χ1v) is 11.0. The molecule has 0 bridgehead atoms. The van der Waals surface area contributed by atoms with Crippen LogP contribution in [-0.2, 0) is 19.4 Å². The summed E-state index contributed by atoms with van der Waals surface area (Å²) in [6.45, 7) is 2.79. The molecular weight excluding hydrogens is 390 g/mol. The standard InChI is InChI=1S/C18H22ClN3O4S/c19-13-1-3-14(4-2-13)27(25,26)18(6-7-18)17(24)22-9-5-15-16(23)20-8-10-21(15)11-12-22/h1-4,15H,5-12H2,(H,20,23). The predicted molar refractivity (Wildman–Crippen MR) is 100 cm³/mol. The SMILES string of the molecule is O=C1NCCN2CCN(C(=O)C3(S(=O)(=O)c4ccc(Cl)cc4)CC3)CCC12. The quantitative estimate of drug-likeness (QED) is 0.790. The molecular formula is C18H22ClN3O4S. The third-order valence-electron chi connectivity index (χ3n) is 5.79. The number of fused-ring (bicyclic) bond motifs is 1. The van der Waals surface area contributed by atoms with Crippen molar-refractivity contribution in [3.05, 3.63) is 29.3 Å². The number of piperazine rings is 1. The average Bonchev–Trinajstić information content (AvgIpc) is 3.47. The van der Waals surface area contributed by atoms with Crippen molar-refractivity contribution in [2.45, 2.75) is 34.9 Å². The third-order valence-corrected chi connectivity index (χ3v) is 8.55. The summed E-state index contributed by atoms with van der Waals surface area (Å²) < 4.78 is 24.9. The maximum Gasteiger partial charge on any atom is 0.244 e. The van der Waals surface area contributed by atoms with Crippen molar-refractivity contribution >= 4 is 33.3 Å². The number of nitrogens with one attached hydrogen (secondary N) is 1. The highest BCUT2D eigenvalue weighted by atomic mass is 35.5. The zero-order valence-electron chi connectivity index (χ0n) is 14.9. The van der Waals surface area contributed by atoms with Crippen molar-refractivity contribution in [3.8, 4) is 0 Å². The van der Waals surface area contributed by atoms with Gasteiger partial charge in [-0.25, -0.2) is 8.42 Å². The molecule has 0 aromatic heterocycles. The fourth-order valence-corrected chi connectivity index (χ4v) is 6.09. The number of rotatable bonds is 3. The van der Waals surface area contributed by atoms with Gasteiger partial charge in [-0.15, -0.1) is 0 Å². The Hall–Kier alpha value is -1.64. The van der Waals surface area contributed by atoms with Crippen molar-refractivity contribution in [2.75, 3.05) is 32.7 Å². The summed E-state index contributed by atoms with van der Waals surface area (Å²) in [5, 5.41) is 3.31. The molecule has 146 valence electrons. The van der Waals surface area contributed by atoms with Gasteiger partial charge >= 0.3 is 0 Å². The van der Waals surface area contributed by atoms with Crippen molar-refractivity contribution < 1.29 is 18.0 Å². The minimum absolute atomic E-state index is 0.00882. The van der Waals surface area contributed by atoms with Crippen LogP contribution in [0, 0.1) is 0 Å². The van der Waals surface area contributed by atoms with Crippen molar-refractivity contribution in [3.63, 3.8) is 0 Å². The summed E-state index contributed by atoms with van der Waals surface area (Å²) in [5.74, 6) is -0.344. The van der Waals surface area contributed by atoms with Crippen LogP contribution in [0.15, 0.2) is 29.2 Å². The Morgan fingerprint density at radius 3 is 2.48 bits per heavy atom. The highest BCUT2D eigenvalue weighted by molar-refractivity contribution is 7.94. The maximum atomic E-state index is 13.2. The lowest BCUT2D eigenvalue weighted by molar-refractivity contribution is -0.131. The van der Waals surface area contributed by atoms with E-state index in [1.807, 2.05) is 0 Å². The van der Waals surface area contributed by atoms with E-state index in [0.717, 1.165) is 6.54 Å². The first kappa shape index (κ1) is 18.7. The largest absolute Gasteiger partial charge is 0.353 e. The van der Waals surface area contributed by atoms with Gasteiger partial charge in [0.15, 0.2) is 14.6 Å². The van der Waals surface area contributed by atoms with E-state index in [-0.39, 0.29) is 22.8 Å². The van der Waals surface area contributed by atoms with Crippen molar-refractivity contribution in [1.29, 1.82) is 0 Å². The molecule has 1 aromatic rings. The van der Waals surface area contributed by atoms with E-state index in [1.165, 1.54) is 24.3 Å². The Morgan fingerprint density at radius 2 is 1.81 bits per heavy atom. The van der Waals surface area contributed by atoms with Gasteiger partial charge in [0.25, 0.3) is 0 Å². The van der Waals surface area contributed by atoms with E-state index in [4.69, 9.17) is 11.6 Å². The van der Waals surface area contributed by atoms with Gasteiger partial charge in [-0.1, -0.05) is 11.6 Å². The summed E-state index contributed by atoms with van der Waals surface area (Å²) in [4.78, 5) is 29.1. The van der Waals surface area contributed by atoms with Crippen molar-refractivity contribution in [2.24, 2.45) is 0 Å². The number of carbonyl (C=O) groups is 2. The van der Waals surface area contributed by atoms with Crippen LogP contribution < -0.4 is 5.32 Å². The van der Waals surface area contributed by atoms with Gasteiger partial charge in [0.2, 0.25) is 11.8 Å². The summed E-state index contributed by atoms with van der Waals surface area (Å²) in [6, 6.07) is 5.73. The van der Waals surface area contributed by atoms with Crippen LogP contribution in [0.3, 0.4) is 0 Å². The van der Waals surface area contributed by atoms with Gasteiger partial charge in [-0.2, -0.15) is 0 Å². The van der Waals surface area contributed by atoms with Gasteiger partial charge < -0.3 is 10.2 Å². The first-order valence-electron chi connectivity index (χ1n) is 9.16. The van der Waals surface area contributed by atoms with Crippen LogP contribution in [0.4, 0.5) is 0 Å². The van der Waals surface area contributed by atoms with Crippen molar-refractivity contribution in [1.82, 2.24) is 15.1 Å². The van der Waals surface area contributed by atoms with Gasteiger partial charge in [0, 0.05) is 37.7 Å². The highest BCUT2D eigenvalue weighted by Crippen LogP contribution is 2.48. The Balaban J connectivity index is 1.55. The number of hydrogen-bond donors (Lipinski definition) is 1. The second kappa shape index (κ2) is 6.76. The zero-order chi connectivity index (χ0) is 19.2. The molecule has 27 heavy (non-hydrogen) atoms. The predicted octanol–water partition coefficient (Wildman–Crippen LogP) is 0.679. The molecule has 1 atom stereocenters. The number of carbonyl (C=O) groups excluding carboxylic acids is 2. The molecule has 1 aliphatic carbocycles. The lowest BCUT2D eigenvalue weighted by Gasteiger charge is -2.32. The molecule has 2 amide bonds. The van der Waals surface area contributed by atoms with Crippen LogP contribution in [-0.4, -0.2) is 73.5 Å². The number of sulfone groups is 1. The Bertz CT molecular complexity index is 867. The second-order valence-corrected chi connectivity index (χ2v) is 10.1. The third kappa shape index (κ3) is 3.13. The molecule has 7 nitrogen and oxygen atoms in total. The van der Waals surface area contributed by atoms with Crippen LogP contribution in [0.25, 0.3) is 0 Å². The summed E-state index contributed by atoms with van der Waals surface area (Å²) in [6.07, 6.45) is 1.19. The molecule has 2 heterocycles. The molecule has 9 heteroatoms. The van der Waals surface area contributed by atoms with E-state index in [0.29, 0.717) is 50.5 Å². The molecule has 0 spiro atoms. The minimum atomic E-state index is -3.78. The Morgan fingerprint density at radius 1 is 1.11 bits per heavy atom. The smallest absolute Gasteiger partial charge is 0.244 e. The molecule has 2 saturated heterocycles. The van der Waals surface area contributed by atoms with E-state index in [2.05, 4.69) is 10.2 Å². The molecule has 4 rings (SSSR count). The molecule has 2 aliphatic heterocycles. The van der Waals surface area contributed by atoms with E-state index >= 15 is 0 Å². The number of nitrogens with zero attached hydrogens (tertiary/aromatic N) is 2.